The molecule has 3 fully saturated rings. The Hall–Kier alpha value is -0.0800. The fourth-order valence-corrected chi connectivity index (χ4v) is 2.54. The van der Waals surface area contributed by atoms with Crippen molar-refractivity contribution in [2.75, 3.05) is 0 Å². The highest BCUT2D eigenvalue weighted by Crippen LogP contribution is 2.39. The van der Waals surface area contributed by atoms with Gasteiger partial charge in [-0.15, -0.1) is 0 Å². The molecule has 0 saturated heterocycles. The van der Waals surface area contributed by atoms with Gasteiger partial charge in [0.25, 0.3) is 0 Å². The standard InChI is InChI=1S/C8H16N2/c9-7-5-1-2-6(4-3-5)8(7)10/h5-8H,1-4,9-10H2/t5?,6?,7-,8+. The maximum absolute atomic E-state index is 5.94. The van der Waals surface area contributed by atoms with E-state index in [9.17, 15) is 0 Å². The van der Waals surface area contributed by atoms with Crippen molar-refractivity contribution in [3.05, 3.63) is 0 Å². The quantitative estimate of drug-likeness (QED) is 0.513. The summed E-state index contributed by atoms with van der Waals surface area (Å²) in [7, 11) is 0. The second kappa shape index (κ2) is 2.21. The van der Waals surface area contributed by atoms with Crippen LogP contribution in [0.4, 0.5) is 0 Å². The van der Waals surface area contributed by atoms with Crippen molar-refractivity contribution in [2.24, 2.45) is 23.3 Å². The number of fused-ring (bicyclic) bond motifs is 3. The van der Waals surface area contributed by atoms with E-state index in [2.05, 4.69) is 0 Å². The van der Waals surface area contributed by atoms with Crippen LogP contribution in [0.1, 0.15) is 25.7 Å². The summed E-state index contributed by atoms with van der Waals surface area (Å²) in [5, 5.41) is 0. The van der Waals surface area contributed by atoms with Crippen LogP contribution >= 0.6 is 0 Å². The third-order valence-corrected chi connectivity index (χ3v) is 3.35. The summed E-state index contributed by atoms with van der Waals surface area (Å²) in [6.07, 6.45) is 5.33. The minimum absolute atomic E-state index is 0.312. The van der Waals surface area contributed by atoms with Crippen LogP contribution < -0.4 is 11.5 Å². The van der Waals surface area contributed by atoms with Crippen molar-refractivity contribution < 1.29 is 0 Å². The molecule has 3 aliphatic rings. The second-order valence-corrected chi connectivity index (χ2v) is 3.83. The average Bonchev–Trinajstić information content (AvgIpc) is 2.00. The molecule has 4 N–H and O–H groups in total. The molecule has 0 aliphatic heterocycles. The normalized spacial score (nSPS) is 53.4. The predicted octanol–water partition coefficient (Wildman–Crippen LogP) is 0.461. The van der Waals surface area contributed by atoms with Crippen LogP contribution in [0.5, 0.6) is 0 Å². The lowest BCUT2D eigenvalue weighted by atomic mass is 9.65. The van der Waals surface area contributed by atoms with Gasteiger partial charge in [0, 0.05) is 12.1 Å². The van der Waals surface area contributed by atoms with Gasteiger partial charge in [0.1, 0.15) is 0 Å². The number of hydrogen-bond donors (Lipinski definition) is 2. The molecule has 3 saturated carbocycles. The monoisotopic (exact) mass is 140 g/mol. The van der Waals surface area contributed by atoms with Crippen LogP contribution in [-0.2, 0) is 0 Å². The van der Waals surface area contributed by atoms with E-state index in [1.807, 2.05) is 0 Å². The molecule has 2 bridgehead atoms. The summed E-state index contributed by atoms with van der Waals surface area (Å²) < 4.78 is 0. The van der Waals surface area contributed by atoms with E-state index in [-0.39, 0.29) is 0 Å². The van der Waals surface area contributed by atoms with Crippen LogP contribution in [-0.4, -0.2) is 12.1 Å². The highest BCUT2D eigenvalue weighted by atomic mass is 14.8. The molecule has 3 aliphatic carbocycles. The molecule has 0 heterocycles. The smallest absolute Gasteiger partial charge is 0.0223 e. The molecule has 2 nitrogen and oxygen atoms in total. The first-order valence-corrected chi connectivity index (χ1v) is 4.30. The molecule has 10 heavy (non-hydrogen) atoms. The first kappa shape index (κ1) is 6.62. The Balaban J connectivity index is 2.13. The zero-order chi connectivity index (χ0) is 7.14. The largest absolute Gasteiger partial charge is 0.326 e. The van der Waals surface area contributed by atoms with Crippen molar-refractivity contribution in [1.29, 1.82) is 0 Å². The third-order valence-electron chi connectivity index (χ3n) is 3.35. The molecule has 0 unspecified atom stereocenters. The molecule has 0 aromatic heterocycles. The van der Waals surface area contributed by atoms with Gasteiger partial charge < -0.3 is 11.5 Å². The van der Waals surface area contributed by atoms with Crippen LogP contribution in [0.2, 0.25) is 0 Å². The van der Waals surface area contributed by atoms with Crippen molar-refractivity contribution in [2.45, 2.75) is 37.8 Å². The predicted molar refractivity (Wildman–Crippen MR) is 41.4 cm³/mol. The Morgan fingerprint density at radius 3 is 1.20 bits per heavy atom. The fraction of sp³-hybridized carbons (Fsp3) is 1.00. The van der Waals surface area contributed by atoms with Gasteiger partial charge in [0.15, 0.2) is 0 Å². The molecule has 3 rings (SSSR count). The van der Waals surface area contributed by atoms with E-state index in [0.717, 1.165) is 11.8 Å². The minimum Gasteiger partial charge on any atom is -0.326 e. The van der Waals surface area contributed by atoms with Gasteiger partial charge in [-0.2, -0.15) is 0 Å². The van der Waals surface area contributed by atoms with E-state index in [4.69, 9.17) is 11.5 Å². The van der Waals surface area contributed by atoms with Crippen LogP contribution in [0.25, 0.3) is 0 Å². The van der Waals surface area contributed by atoms with Crippen molar-refractivity contribution in [3.63, 3.8) is 0 Å². The van der Waals surface area contributed by atoms with Crippen molar-refractivity contribution in [3.8, 4) is 0 Å². The molecule has 0 amide bonds. The lowest BCUT2D eigenvalue weighted by molar-refractivity contribution is 0.119. The topological polar surface area (TPSA) is 52.0 Å². The summed E-state index contributed by atoms with van der Waals surface area (Å²) in [5.41, 5.74) is 11.9. The van der Waals surface area contributed by atoms with E-state index in [1.165, 1.54) is 25.7 Å². The summed E-state index contributed by atoms with van der Waals surface area (Å²) in [5.74, 6) is 1.50. The number of rotatable bonds is 0. The molecule has 58 valence electrons. The van der Waals surface area contributed by atoms with Crippen molar-refractivity contribution in [1.82, 2.24) is 0 Å². The molecule has 0 spiro atoms. The van der Waals surface area contributed by atoms with Crippen LogP contribution in [0.3, 0.4) is 0 Å². The molecular weight excluding hydrogens is 124 g/mol. The molecule has 0 aromatic rings. The van der Waals surface area contributed by atoms with Gasteiger partial charge in [-0.05, 0) is 37.5 Å². The SMILES string of the molecule is N[C@@H]1C2CCC(CC2)[C@@H]1N. The fourth-order valence-electron chi connectivity index (χ4n) is 2.54. The Kier molecular flexibility index (Phi) is 1.46. The van der Waals surface area contributed by atoms with Gasteiger partial charge >= 0.3 is 0 Å². The lowest BCUT2D eigenvalue weighted by Crippen LogP contribution is -2.57. The maximum atomic E-state index is 5.94. The number of nitrogens with two attached hydrogens (primary N) is 2. The maximum Gasteiger partial charge on any atom is 0.0223 e. The Morgan fingerprint density at radius 2 is 1.00 bits per heavy atom. The highest BCUT2D eigenvalue weighted by molar-refractivity contribution is 4.97. The third kappa shape index (κ3) is 0.789. The first-order chi connectivity index (χ1) is 4.79. The van der Waals surface area contributed by atoms with E-state index < -0.39 is 0 Å². The van der Waals surface area contributed by atoms with Gasteiger partial charge in [0.05, 0.1) is 0 Å². The average molecular weight is 140 g/mol. The van der Waals surface area contributed by atoms with E-state index in [1.54, 1.807) is 0 Å². The molecular formula is C8H16N2. The molecule has 0 radical (unpaired) electrons. The van der Waals surface area contributed by atoms with Crippen LogP contribution in [0.15, 0.2) is 0 Å². The van der Waals surface area contributed by atoms with Gasteiger partial charge in [-0.25, -0.2) is 0 Å². The molecule has 2 heteroatoms. The Morgan fingerprint density at radius 1 is 0.700 bits per heavy atom. The zero-order valence-electron chi connectivity index (χ0n) is 6.29. The second-order valence-electron chi connectivity index (χ2n) is 3.83. The summed E-state index contributed by atoms with van der Waals surface area (Å²) in [4.78, 5) is 0. The first-order valence-electron chi connectivity index (χ1n) is 4.30. The minimum atomic E-state index is 0.312. The lowest BCUT2D eigenvalue weighted by Gasteiger charge is -2.45. The number of hydrogen-bond acceptors (Lipinski definition) is 2. The molecule has 2 atom stereocenters. The van der Waals surface area contributed by atoms with Crippen molar-refractivity contribution >= 4 is 0 Å². The highest BCUT2D eigenvalue weighted by Gasteiger charge is 2.39. The van der Waals surface area contributed by atoms with E-state index in [0.29, 0.717) is 12.1 Å². The van der Waals surface area contributed by atoms with Gasteiger partial charge in [-0.1, -0.05) is 0 Å². The van der Waals surface area contributed by atoms with Crippen LogP contribution in [0, 0.1) is 11.8 Å². The summed E-state index contributed by atoms with van der Waals surface area (Å²) in [6, 6.07) is 0.625. The Bertz CT molecular complexity index is 107. The van der Waals surface area contributed by atoms with Gasteiger partial charge in [0.2, 0.25) is 0 Å². The van der Waals surface area contributed by atoms with E-state index >= 15 is 0 Å². The molecule has 0 aromatic carbocycles. The summed E-state index contributed by atoms with van der Waals surface area (Å²) in [6.45, 7) is 0. The zero-order valence-corrected chi connectivity index (χ0v) is 6.29. The Labute approximate surface area is 62.0 Å². The van der Waals surface area contributed by atoms with Gasteiger partial charge in [-0.3, -0.25) is 0 Å². The summed E-state index contributed by atoms with van der Waals surface area (Å²) >= 11 is 0.